The van der Waals surface area contributed by atoms with E-state index in [1.165, 1.54) is 0 Å². The van der Waals surface area contributed by atoms with Gasteiger partial charge in [0.2, 0.25) is 5.91 Å². The second-order valence-corrected chi connectivity index (χ2v) is 5.74. The Balaban J connectivity index is 1.70. The molecule has 2 aromatic carbocycles. The van der Waals surface area contributed by atoms with Crippen LogP contribution in [0.1, 0.15) is 24.0 Å². The van der Waals surface area contributed by atoms with Crippen LogP contribution >= 0.6 is 11.6 Å². The summed E-state index contributed by atoms with van der Waals surface area (Å²) in [7, 11) is 0. The van der Waals surface area contributed by atoms with Crippen molar-refractivity contribution < 1.29 is 4.79 Å². The Morgan fingerprint density at radius 3 is 2.50 bits per heavy atom. The molecule has 1 amide bonds. The molecule has 1 saturated carbocycles. The van der Waals surface area contributed by atoms with E-state index in [1.807, 2.05) is 54.6 Å². The van der Waals surface area contributed by atoms with Crippen LogP contribution in [0.15, 0.2) is 54.6 Å². The number of benzene rings is 2. The predicted molar refractivity (Wildman–Crippen MR) is 80.7 cm³/mol. The minimum absolute atomic E-state index is 0.0636. The maximum atomic E-state index is 12.2. The van der Waals surface area contributed by atoms with Gasteiger partial charge in [0, 0.05) is 5.02 Å². The summed E-state index contributed by atoms with van der Waals surface area (Å²) in [6, 6.07) is 17.6. The molecule has 0 bridgehead atoms. The van der Waals surface area contributed by atoms with Gasteiger partial charge in [-0.2, -0.15) is 0 Å². The molecule has 0 aromatic heterocycles. The quantitative estimate of drug-likeness (QED) is 0.912. The Bertz CT molecular complexity index is 620. The second-order valence-electron chi connectivity index (χ2n) is 5.30. The highest BCUT2D eigenvalue weighted by Gasteiger charge is 2.45. The zero-order valence-electron chi connectivity index (χ0n) is 11.1. The number of nitrogens with one attached hydrogen (secondary N) is 1. The van der Waals surface area contributed by atoms with Gasteiger partial charge in [-0.05, 0) is 36.1 Å². The van der Waals surface area contributed by atoms with Crippen molar-refractivity contribution in [3.63, 3.8) is 0 Å². The van der Waals surface area contributed by atoms with E-state index in [1.54, 1.807) is 0 Å². The third-order valence-corrected chi connectivity index (χ3v) is 3.95. The molecule has 0 unspecified atom stereocenters. The molecular weight excluding hydrogens is 270 g/mol. The summed E-state index contributed by atoms with van der Waals surface area (Å²) in [6.07, 6.45) is 2.38. The standard InChI is InChI=1S/C17H16ClNO/c18-15-8-4-7-14(12-15)17(9-10-17)19-16(20)11-13-5-2-1-3-6-13/h1-8,12H,9-11H2,(H,19,20). The fourth-order valence-corrected chi connectivity index (χ4v) is 2.68. The Morgan fingerprint density at radius 1 is 1.10 bits per heavy atom. The molecule has 0 heterocycles. The van der Waals surface area contributed by atoms with Crippen LogP contribution in [0.5, 0.6) is 0 Å². The summed E-state index contributed by atoms with van der Waals surface area (Å²) < 4.78 is 0. The monoisotopic (exact) mass is 285 g/mol. The van der Waals surface area contributed by atoms with E-state index >= 15 is 0 Å². The van der Waals surface area contributed by atoms with Crippen molar-refractivity contribution in [3.05, 3.63) is 70.7 Å². The maximum Gasteiger partial charge on any atom is 0.225 e. The molecule has 1 N–H and O–H groups in total. The zero-order chi connectivity index (χ0) is 14.0. The van der Waals surface area contributed by atoms with Crippen LogP contribution in [-0.4, -0.2) is 5.91 Å². The fourth-order valence-electron chi connectivity index (χ4n) is 2.49. The van der Waals surface area contributed by atoms with E-state index in [-0.39, 0.29) is 11.4 Å². The average Bonchev–Trinajstić information content (AvgIpc) is 3.20. The first-order chi connectivity index (χ1) is 9.68. The molecule has 3 heteroatoms. The lowest BCUT2D eigenvalue weighted by Crippen LogP contribution is -2.35. The molecule has 0 atom stereocenters. The van der Waals surface area contributed by atoms with Crippen molar-refractivity contribution in [3.8, 4) is 0 Å². The van der Waals surface area contributed by atoms with E-state index in [0.29, 0.717) is 11.4 Å². The van der Waals surface area contributed by atoms with E-state index in [2.05, 4.69) is 5.32 Å². The van der Waals surface area contributed by atoms with Crippen LogP contribution in [0, 0.1) is 0 Å². The molecule has 1 fully saturated rings. The van der Waals surface area contributed by atoms with Crippen molar-refractivity contribution in [2.75, 3.05) is 0 Å². The van der Waals surface area contributed by atoms with Gasteiger partial charge in [-0.15, -0.1) is 0 Å². The molecule has 2 aromatic rings. The molecule has 102 valence electrons. The van der Waals surface area contributed by atoms with Crippen molar-refractivity contribution in [2.24, 2.45) is 0 Å². The van der Waals surface area contributed by atoms with Gasteiger partial charge in [0.05, 0.1) is 12.0 Å². The summed E-state index contributed by atoms with van der Waals surface area (Å²) >= 11 is 6.03. The molecule has 2 nitrogen and oxygen atoms in total. The summed E-state index contributed by atoms with van der Waals surface area (Å²) in [4.78, 5) is 12.2. The number of carbonyl (C=O) groups excluding carboxylic acids is 1. The fraction of sp³-hybridized carbons (Fsp3) is 0.235. The number of amides is 1. The third-order valence-electron chi connectivity index (χ3n) is 3.71. The highest BCUT2D eigenvalue weighted by atomic mass is 35.5. The summed E-state index contributed by atoms with van der Waals surface area (Å²) in [5.41, 5.74) is 1.94. The minimum atomic E-state index is -0.198. The molecule has 1 aliphatic rings. The van der Waals surface area contributed by atoms with Gasteiger partial charge in [0.25, 0.3) is 0 Å². The van der Waals surface area contributed by atoms with E-state index in [4.69, 9.17) is 11.6 Å². The second kappa shape index (κ2) is 5.29. The van der Waals surface area contributed by atoms with Gasteiger partial charge in [-0.3, -0.25) is 4.79 Å². The van der Waals surface area contributed by atoms with Gasteiger partial charge < -0.3 is 5.32 Å². The first kappa shape index (κ1) is 13.2. The first-order valence-electron chi connectivity index (χ1n) is 6.79. The van der Waals surface area contributed by atoms with Crippen molar-refractivity contribution in [2.45, 2.75) is 24.8 Å². The number of rotatable bonds is 4. The molecular formula is C17H16ClNO. The van der Waals surface area contributed by atoms with Crippen molar-refractivity contribution >= 4 is 17.5 Å². The van der Waals surface area contributed by atoms with Crippen LogP contribution in [0.25, 0.3) is 0 Å². The molecule has 0 aliphatic heterocycles. The van der Waals surface area contributed by atoms with Crippen LogP contribution in [0.2, 0.25) is 5.02 Å². The SMILES string of the molecule is O=C(Cc1ccccc1)NC1(c2cccc(Cl)c2)CC1. The number of halogens is 1. The Kier molecular flexibility index (Phi) is 3.49. The number of hydrogen-bond acceptors (Lipinski definition) is 1. The van der Waals surface area contributed by atoms with Gasteiger partial charge in [0.1, 0.15) is 0 Å². The van der Waals surface area contributed by atoms with Crippen LogP contribution in [0.4, 0.5) is 0 Å². The zero-order valence-corrected chi connectivity index (χ0v) is 11.9. The Morgan fingerprint density at radius 2 is 1.85 bits per heavy atom. The maximum absolute atomic E-state index is 12.2. The van der Waals surface area contributed by atoms with Gasteiger partial charge in [-0.1, -0.05) is 54.1 Å². The topological polar surface area (TPSA) is 29.1 Å². The van der Waals surface area contributed by atoms with Crippen LogP contribution in [0.3, 0.4) is 0 Å². The average molecular weight is 286 g/mol. The first-order valence-corrected chi connectivity index (χ1v) is 7.17. The molecule has 0 radical (unpaired) electrons. The van der Waals surface area contributed by atoms with E-state index in [0.717, 1.165) is 24.0 Å². The molecule has 0 saturated heterocycles. The number of carbonyl (C=O) groups is 1. The highest BCUT2D eigenvalue weighted by molar-refractivity contribution is 6.30. The molecule has 20 heavy (non-hydrogen) atoms. The van der Waals surface area contributed by atoms with Crippen molar-refractivity contribution in [1.82, 2.24) is 5.32 Å². The largest absolute Gasteiger partial charge is 0.346 e. The molecule has 3 rings (SSSR count). The van der Waals surface area contributed by atoms with Crippen molar-refractivity contribution in [1.29, 1.82) is 0 Å². The van der Waals surface area contributed by atoms with Gasteiger partial charge in [-0.25, -0.2) is 0 Å². The van der Waals surface area contributed by atoms with Gasteiger partial charge in [0.15, 0.2) is 0 Å². The molecule has 1 aliphatic carbocycles. The lowest BCUT2D eigenvalue weighted by molar-refractivity contribution is -0.121. The predicted octanol–water partition coefficient (Wildman–Crippen LogP) is 3.69. The Hall–Kier alpha value is -1.80. The highest BCUT2D eigenvalue weighted by Crippen LogP contribution is 2.46. The third kappa shape index (κ3) is 2.86. The van der Waals surface area contributed by atoms with E-state index in [9.17, 15) is 4.79 Å². The summed E-state index contributed by atoms with van der Waals surface area (Å²) in [5, 5.41) is 3.88. The summed E-state index contributed by atoms with van der Waals surface area (Å²) in [5.74, 6) is 0.0636. The number of hydrogen-bond donors (Lipinski definition) is 1. The Labute approximate surface area is 123 Å². The lowest BCUT2D eigenvalue weighted by atomic mass is 10.0. The minimum Gasteiger partial charge on any atom is -0.346 e. The smallest absolute Gasteiger partial charge is 0.225 e. The summed E-state index contributed by atoms with van der Waals surface area (Å²) in [6.45, 7) is 0. The van der Waals surface area contributed by atoms with Gasteiger partial charge >= 0.3 is 0 Å². The molecule has 0 spiro atoms. The van der Waals surface area contributed by atoms with Crippen LogP contribution in [-0.2, 0) is 16.8 Å². The normalized spacial score (nSPS) is 15.7. The van der Waals surface area contributed by atoms with E-state index < -0.39 is 0 Å². The lowest BCUT2D eigenvalue weighted by Gasteiger charge is -2.18. The van der Waals surface area contributed by atoms with Crippen LogP contribution < -0.4 is 5.32 Å².